The second-order valence-corrected chi connectivity index (χ2v) is 10.9. The van der Waals surface area contributed by atoms with Crippen LogP contribution in [0.5, 0.6) is 11.5 Å². The van der Waals surface area contributed by atoms with Gasteiger partial charge in [-0.05, 0) is 98.4 Å². The molecular formula is C30H38N2O3. The Morgan fingerprint density at radius 1 is 1.17 bits per heavy atom. The van der Waals surface area contributed by atoms with Crippen molar-refractivity contribution in [2.75, 3.05) is 33.8 Å². The summed E-state index contributed by atoms with van der Waals surface area (Å²) in [7, 11) is 3.68. The van der Waals surface area contributed by atoms with Crippen LogP contribution in [0, 0.1) is 11.8 Å². The van der Waals surface area contributed by atoms with Gasteiger partial charge in [0.25, 0.3) is 0 Å². The maximum atomic E-state index is 13.1. The number of rotatable bonds is 7. The first-order chi connectivity index (χ1) is 17.0. The molecule has 2 aliphatic carbocycles. The number of ether oxygens (including phenoxy) is 1. The Hall–Kier alpha value is -2.79. The zero-order valence-corrected chi connectivity index (χ0v) is 21.0. The summed E-state index contributed by atoms with van der Waals surface area (Å²) in [6, 6.07) is 15.8. The van der Waals surface area contributed by atoms with E-state index in [9.17, 15) is 9.90 Å². The zero-order chi connectivity index (χ0) is 24.4. The van der Waals surface area contributed by atoms with Gasteiger partial charge in [0, 0.05) is 37.7 Å². The van der Waals surface area contributed by atoms with Crippen LogP contribution in [-0.4, -0.2) is 60.6 Å². The van der Waals surface area contributed by atoms with Crippen molar-refractivity contribution in [3.05, 3.63) is 65.7 Å². The van der Waals surface area contributed by atoms with Gasteiger partial charge >= 0.3 is 0 Å². The lowest BCUT2D eigenvalue weighted by Gasteiger charge is -2.54. The average molecular weight is 475 g/mol. The molecule has 0 spiro atoms. The Bertz CT molecular complexity index is 1080. The maximum Gasteiger partial charge on any atom is 0.246 e. The van der Waals surface area contributed by atoms with Gasteiger partial charge in [-0.15, -0.1) is 0 Å². The molecule has 3 aliphatic rings. The van der Waals surface area contributed by atoms with E-state index >= 15 is 0 Å². The summed E-state index contributed by atoms with van der Waals surface area (Å²) in [5, 5.41) is 9.70. The number of aromatic hydroxyl groups is 1. The summed E-state index contributed by atoms with van der Waals surface area (Å²) in [6.45, 7) is 3.55. The van der Waals surface area contributed by atoms with Gasteiger partial charge in [0.1, 0.15) is 11.5 Å². The number of piperidine rings is 1. The molecule has 1 amide bonds. The van der Waals surface area contributed by atoms with Crippen molar-refractivity contribution in [3.63, 3.8) is 0 Å². The molecule has 1 aliphatic heterocycles. The van der Waals surface area contributed by atoms with Crippen molar-refractivity contribution in [1.82, 2.24) is 9.80 Å². The van der Waals surface area contributed by atoms with Gasteiger partial charge in [-0.3, -0.25) is 4.79 Å². The lowest BCUT2D eigenvalue weighted by Crippen LogP contribution is -2.56. The van der Waals surface area contributed by atoms with Gasteiger partial charge in [0.15, 0.2) is 0 Å². The summed E-state index contributed by atoms with van der Waals surface area (Å²) in [4.78, 5) is 17.8. The molecule has 2 saturated carbocycles. The summed E-state index contributed by atoms with van der Waals surface area (Å²) in [6.07, 6.45) is 10.5. The fourth-order valence-corrected chi connectivity index (χ4v) is 6.38. The highest BCUT2D eigenvalue weighted by Crippen LogP contribution is 2.51. The smallest absolute Gasteiger partial charge is 0.246 e. The van der Waals surface area contributed by atoms with Crippen molar-refractivity contribution in [3.8, 4) is 11.5 Å². The number of likely N-dealkylation sites (N-methyl/N-ethyl adjacent to an activating group) is 1. The Labute approximate surface area is 209 Å². The van der Waals surface area contributed by atoms with Gasteiger partial charge in [-0.2, -0.15) is 0 Å². The van der Waals surface area contributed by atoms with Crippen LogP contribution in [0.3, 0.4) is 0 Å². The van der Waals surface area contributed by atoms with Crippen molar-refractivity contribution in [2.45, 2.75) is 50.0 Å². The van der Waals surface area contributed by atoms with E-state index in [4.69, 9.17) is 4.74 Å². The van der Waals surface area contributed by atoms with Crippen molar-refractivity contribution in [2.24, 2.45) is 11.8 Å². The topological polar surface area (TPSA) is 53.0 Å². The van der Waals surface area contributed by atoms with E-state index in [0.717, 1.165) is 56.0 Å². The summed E-state index contributed by atoms with van der Waals surface area (Å²) in [5.74, 6) is 2.65. The van der Waals surface area contributed by atoms with Crippen molar-refractivity contribution >= 4 is 12.0 Å². The monoisotopic (exact) mass is 474 g/mol. The lowest BCUT2D eigenvalue weighted by molar-refractivity contribution is -0.128. The molecule has 0 aromatic heterocycles. The number of carbonyl (C=O) groups excluding carboxylic acids is 1. The second-order valence-electron chi connectivity index (χ2n) is 10.9. The van der Waals surface area contributed by atoms with Crippen LogP contribution in [0.25, 0.3) is 6.08 Å². The highest BCUT2D eigenvalue weighted by Gasteiger charge is 2.49. The molecule has 1 heterocycles. The molecule has 5 heteroatoms. The predicted molar refractivity (Wildman–Crippen MR) is 139 cm³/mol. The first-order valence-electron chi connectivity index (χ1n) is 13.1. The van der Waals surface area contributed by atoms with Crippen LogP contribution in [0.2, 0.25) is 0 Å². The largest absolute Gasteiger partial charge is 0.508 e. The number of phenols is 1. The normalized spacial score (nSPS) is 26.9. The SMILES string of the molecule is COc1cccc([C@@]23CCN(CC4CC4)C[C@H]2CC[C@H](N(C)C(=O)C=Cc2cccc(O)c2)C3)c1. The molecule has 5 nitrogen and oxygen atoms in total. The summed E-state index contributed by atoms with van der Waals surface area (Å²) >= 11 is 0. The van der Waals surface area contributed by atoms with E-state index in [-0.39, 0.29) is 23.1 Å². The number of fused-ring (bicyclic) bond motifs is 1. The minimum atomic E-state index is 0.0174. The van der Waals surface area contributed by atoms with E-state index in [2.05, 4.69) is 23.1 Å². The van der Waals surface area contributed by atoms with Gasteiger partial charge in [0.05, 0.1) is 7.11 Å². The number of hydrogen-bond acceptors (Lipinski definition) is 4. The highest BCUT2D eigenvalue weighted by atomic mass is 16.5. The molecule has 5 rings (SSSR count). The van der Waals surface area contributed by atoms with E-state index in [1.165, 1.54) is 24.9 Å². The first kappa shape index (κ1) is 23.9. The van der Waals surface area contributed by atoms with Crippen molar-refractivity contribution in [1.29, 1.82) is 0 Å². The molecule has 3 atom stereocenters. The van der Waals surface area contributed by atoms with Crippen molar-refractivity contribution < 1.29 is 14.6 Å². The Morgan fingerprint density at radius 2 is 2.00 bits per heavy atom. The molecule has 186 valence electrons. The van der Waals surface area contributed by atoms with E-state index in [1.54, 1.807) is 37.5 Å². The molecule has 3 fully saturated rings. The van der Waals surface area contributed by atoms with E-state index in [0.29, 0.717) is 5.92 Å². The number of likely N-dealkylation sites (tertiary alicyclic amines) is 1. The number of methoxy groups -OCH3 is 1. The fourth-order valence-electron chi connectivity index (χ4n) is 6.38. The molecule has 0 radical (unpaired) electrons. The maximum absolute atomic E-state index is 13.1. The Balaban J connectivity index is 1.35. The van der Waals surface area contributed by atoms with Gasteiger partial charge < -0.3 is 19.6 Å². The van der Waals surface area contributed by atoms with Crippen LogP contribution >= 0.6 is 0 Å². The minimum absolute atomic E-state index is 0.0174. The van der Waals surface area contributed by atoms with Crippen LogP contribution in [-0.2, 0) is 10.2 Å². The summed E-state index contributed by atoms with van der Waals surface area (Å²) < 4.78 is 5.60. The third kappa shape index (κ3) is 5.25. The molecule has 1 saturated heterocycles. The van der Waals surface area contributed by atoms with Crippen LogP contribution in [0.4, 0.5) is 0 Å². The van der Waals surface area contributed by atoms with E-state index < -0.39 is 0 Å². The molecular weight excluding hydrogens is 436 g/mol. The third-order valence-electron chi connectivity index (χ3n) is 8.62. The highest BCUT2D eigenvalue weighted by molar-refractivity contribution is 5.91. The van der Waals surface area contributed by atoms with Gasteiger partial charge in [-0.1, -0.05) is 24.3 Å². The Kier molecular flexibility index (Phi) is 6.88. The fraction of sp³-hybridized carbons (Fsp3) is 0.500. The quantitative estimate of drug-likeness (QED) is 0.568. The molecule has 0 unspecified atom stereocenters. The van der Waals surface area contributed by atoms with Crippen LogP contribution in [0.15, 0.2) is 54.6 Å². The van der Waals surface area contributed by atoms with Gasteiger partial charge in [0.2, 0.25) is 5.91 Å². The number of carbonyl (C=O) groups is 1. The number of amides is 1. The average Bonchev–Trinajstić information content (AvgIpc) is 3.70. The predicted octanol–water partition coefficient (Wildman–Crippen LogP) is 5.09. The first-order valence-corrected chi connectivity index (χ1v) is 13.1. The molecule has 2 aromatic carbocycles. The second kappa shape index (κ2) is 10.1. The standard InChI is InChI=1S/C30H38N2O3/c1-31(29(34)14-11-22-5-3-7-27(33)17-22)26-13-12-25-21-32(20-23-9-10-23)16-15-30(25,19-26)24-6-4-8-28(18-24)35-2/h3-8,11,14,17-18,23,25-26,33H,9-10,12-13,15-16,19-21H2,1-2H3/t25-,26+,30+/m1/s1. The number of hydrogen-bond donors (Lipinski definition) is 1. The minimum Gasteiger partial charge on any atom is -0.508 e. The molecule has 35 heavy (non-hydrogen) atoms. The molecule has 2 aromatic rings. The van der Waals surface area contributed by atoms with Gasteiger partial charge in [-0.25, -0.2) is 0 Å². The van der Waals surface area contributed by atoms with Crippen LogP contribution in [0.1, 0.15) is 49.7 Å². The number of benzene rings is 2. The summed E-state index contributed by atoms with van der Waals surface area (Å²) in [5.41, 5.74) is 2.26. The molecule has 0 bridgehead atoms. The number of nitrogens with zero attached hydrogens (tertiary/aromatic N) is 2. The lowest BCUT2D eigenvalue weighted by atomic mass is 9.57. The van der Waals surface area contributed by atoms with Crippen LogP contribution < -0.4 is 4.74 Å². The molecule has 1 N–H and O–H groups in total. The number of phenolic OH excluding ortho intramolecular Hbond substituents is 1. The zero-order valence-electron chi connectivity index (χ0n) is 21.0. The Morgan fingerprint density at radius 3 is 2.77 bits per heavy atom. The van der Waals surface area contributed by atoms with E-state index in [1.807, 2.05) is 24.1 Å². The third-order valence-corrected chi connectivity index (χ3v) is 8.62.